The van der Waals surface area contributed by atoms with Crippen LogP contribution in [0.2, 0.25) is 0 Å². The van der Waals surface area contributed by atoms with Gasteiger partial charge >= 0.3 is 5.97 Å². The minimum absolute atomic E-state index is 0.0429. The second kappa shape index (κ2) is 6.32. The Morgan fingerprint density at radius 3 is 2.57 bits per heavy atom. The summed E-state index contributed by atoms with van der Waals surface area (Å²) in [5.74, 6) is -0.401. The fraction of sp³-hybridized carbons (Fsp3) is 0.556. The van der Waals surface area contributed by atoms with Gasteiger partial charge in [-0.25, -0.2) is 4.79 Å². The van der Waals surface area contributed by atoms with Gasteiger partial charge in [-0.2, -0.15) is 0 Å². The van der Waals surface area contributed by atoms with Gasteiger partial charge < -0.3 is 14.7 Å². The maximum Gasteiger partial charge on any atom is 0.328 e. The Morgan fingerprint density at radius 1 is 1.26 bits per heavy atom. The lowest BCUT2D eigenvalue weighted by Gasteiger charge is -2.33. The monoisotopic (exact) mass is 317 g/mol. The van der Waals surface area contributed by atoms with Gasteiger partial charge in [0, 0.05) is 12.5 Å². The summed E-state index contributed by atoms with van der Waals surface area (Å²) in [5.41, 5.74) is 2.46. The first kappa shape index (κ1) is 16.0. The smallest absolute Gasteiger partial charge is 0.328 e. The fourth-order valence-electron chi connectivity index (χ4n) is 3.25. The van der Waals surface area contributed by atoms with Crippen LogP contribution in [0.4, 0.5) is 0 Å². The SMILES string of the molecule is CC(C)c1ccc([C@@H]2C[C@@H]2C(=O)N2CCOC[C@@H]2C(=O)O)cc1. The number of aliphatic carboxylic acids is 1. The topological polar surface area (TPSA) is 66.8 Å². The standard InChI is InChI=1S/C18H23NO4/c1-11(2)12-3-5-13(6-4-12)14-9-15(14)17(20)19-7-8-23-10-16(19)18(21)22/h3-6,11,14-16H,7-10H2,1-2H3,(H,21,22)/t14-,15-,16+/m0/s1. The molecular formula is C18H23NO4. The van der Waals surface area contributed by atoms with Crippen molar-refractivity contribution < 1.29 is 19.4 Å². The number of carbonyl (C=O) groups is 2. The summed E-state index contributed by atoms with van der Waals surface area (Å²) in [6, 6.07) is 7.59. The summed E-state index contributed by atoms with van der Waals surface area (Å²) in [6.07, 6.45) is 0.809. The molecule has 1 amide bonds. The zero-order chi connectivity index (χ0) is 16.6. The van der Waals surface area contributed by atoms with Crippen molar-refractivity contribution >= 4 is 11.9 Å². The van der Waals surface area contributed by atoms with Crippen molar-refractivity contribution in [1.82, 2.24) is 4.90 Å². The first-order chi connectivity index (χ1) is 11.0. The number of morpholine rings is 1. The number of benzene rings is 1. The molecule has 1 saturated heterocycles. The third-order valence-corrected chi connectivity index (χ3v) is 4.84. The molecule has 3 atom stereocenters. The van der Waals surface area contributed by atoms with E-state index in [1.165, 1.54) is 16.0 Å². The van der Waals surface area contributed by atoms with Crippen LogP contribution in [-0.2, 0) is 14.3 Å². The molecule has 1 heterocycles. The van der Waals surface area contributed by atoms with Crippen LogP contribution in [0.15, 0.2) is 24.3 Å². The van der Waals surface area contributed by atoms with Crippen molar-refractivity contribution in [2.24, 2.45) is 5.92 Å². The zero-order valence-electron chi connectivity index (χ0n) is 13.6. The first-order valence-electron chi connectivity index (χ1n) is 8.20. The van der Waals surface area contributed by atoms with Crippen LogP contribution in [0, 0.1) is 5.92 Å². The summed E-state index contributed by atoms with van der Waals surface area (Å²) in [6.45, 7) is 5.18. The Kier molecular flexibility index (Phi) is 4.39. The van der Waals surface area contributed by atoms with Crippen LogP contribution in [0.25, 0.3) is 0 Å². The molecule has 1 N–H and O–H groups in total. The van der Waals surface area contributed by atoms with Crippen molar-refractivity contribution in [3.05, 3.63) is 35.4 Å². The molecule has 3 rings (SSSR count). The summed E-state index contributed by atoms with van der Waals surface area (Å²) in [4.78, 5) is 25.4. The third-order valence-electron chi connectivity index (χ3n) is 4.84. The average molecular weight is 317 g/mol. The maximum atomic E-state index is 12.6. The van der Waals surface area contributed by atoms with Gasteiger partial charge in [-0.15, -0.1) is 0 Å². The highest BCUT2D eigenvalue weighted by Gasteiger charge is 2.48. The van der Waals surface area contributed by atoms with E-state index in [2.05, 4.69) is 38.1 Å². The number of ether oxygens (including phenoxy) is 1. The van der Waals surface area contributed by atoms with E-state index >= 15 is 0 Å². The maximum absolute atomic E-state index is 12.6. The molecule has 1 saturated carbocycles. The van der Waals surface area contributed by atoms with Crippen molar-refractivity contribution in [2.45, 2.75) is 38.1 Å². The van der Waals surface area contributed by atoms with E-state index in [0.717, 1.165) is 6.42 Å². The zero-order valence-corrected chi connectivity index (χ0v) is 13.6. The van der Waals surface area contributed by atoms with Gasteiger partial charge in [0.2, 0.25) is 5.91 Å². The first-order valence-corrected chi connectivity index (χ1v) is 8.20. The number of carbonyl (C=O) groups excluding carboxylic acids is 1. The van der Waals surface area contributed by atoms with E-state index in [4.69, 9.17) is 4.74 Å². The lowest BCUT2D eigenvalue weighted by atomic mass is 10.00. The van der Waals surface area contributed by atoms with Crippen LogP contribution in [0.5, 0.6) is 0 Å². The third kappa shape index (κ3) is 3.24. The Balaban J connectivity index is 1.67. The second-order valence-corrected chi connectivity index (χ2v) is 6.73. The molecule has 5 nitrogen and oxygen atoms in total. The van der Waals surface area contributed by atoms with Crippen molar-refractivity contribution in [3.63, 3.8) is 0 Å². The van der Waals surface area contributed by atoms with E-state index in [1.807, 2.05) is 0 Å². The normalized spacial score (nSPS) is 27.1. The lowest BCUT2D eigenvalue weighted by molar-refractivity contribution is -0.158. The number of carboxylic acid groups (broad SMARTS) is 1. The number of rotatable bonds is 4. The summed E-state index contributed by atoms with van der Waals surface area (Å²) in [5, 5.41) is 9.25. The largest absolute Gasteiger partial charge is 0.480 e. The molecule has 2 aliphatic rings. The molecule has 1 aromatic carbocycles. The number of carboxylic acids is 1. The number of nitrogens with zero attached hydrogens (tertiary/aromatic N) is 1. The van der Waals surface area contributed by atoms with Gasteiger partial charge in [0.15, 0.2) is 6.04 Å². The quantitative estimate of drug-likeness (QED) is 0.925. The van der Waals surface area contributed by atoms with Gasteiger partial charge in [-0.05, 0) is 29.4 Å². The summed E-state index contributed by atoms with van der Waals surface area (Å²) >= 11 is 0. The molecule has 0 spiro atoms. The molecule has 1 aliphatic heterocycles. The predicted octanol–water partition coefficient (Wildman–Crippen LogP) is 2.23. The van der Waals surface area contributed by atoms with Gasteiger partial charge in [0.25, 0.3) is 0 Å². The Bertz CT molecular complexity index is 596. The van der Waals surface area contributed by atoms with Crippen LogP contribution in [-0.4, -0.2) is 47.7 Å². The molecule has 2 fully saturated rings. The highest BCUT2D eigenvalue weighted by molar-refractivity contribution is 5.88. The number of amides is 1. The molecule has 124 valence electrons. The second-order valence-electron chi connectivity index (χ2n) is 6.73. The summed E-state index contributed by atoms with van der Waals surface area (Å²) in [7, 11) is 0. The van der Waals surface area contributed by atoms with E-state index in [1.54, 1.807) is 0 Å². The Morgan fingerprint density at radius 2 is 1.96 bits per heavy atom. The van der Waals surface area contributed by atoms with E-state index in [-0.39, 0.29) is 24.3 Å². The molecule has 0 bridgehead atoms. The Labute approximate surface area is 136 Å². The van der Waals surface area contributed by atoms with Gasteiger partial charge in [0.1, 0.15) is 0 Å². The molecule has 0 aromatic heterocycles. The van der Waals surface area contributed by atoms with E-state index < -0.39 is 12.0 Å². The molecule has 1 aliphatic carbocycles. The van der Waals surface area contributed by atoms with Crippen LogP contribution < -0.4 is 0 Å². The van der Waals surface area contributed by atoms with Crippen molar-refractivity contribution in [3.8, 4) is 0 Å². The van der Waals surface area contributed by atoms with E-state index in [9.17, 15) is 14.7 Å². The summed E-state index contributed by atoms with van der Waals surface area (Å²) < 4.78 is 5.20. The molecule has 1 aromatic rings. The molecule has 0 radical (unpaired) electrons. The van der Waals surface area contributed by atoms with Gasteiger partial charge in [-0.1, -0.05) is 38.1 Å². The van der Waals surface area contributed by atoms with Crippen molar-refractivity contribution in [2.75, 3.05) is 19.8 Å². The van der Waals surface area contributed by atoms with Crippen LogP contribution in [0.1, 0.15) is 43.2 Å². The van der Waals surface area contributed by atoms with Crippen molar-refractivity contribution in [1.29, 1.82) is 0 Å². The van der Waals surface area contributed by atoms with Gasteiger partial charge in [-0.3, -0.25) is 4.79 Å². The van der Waals surface area contributed by atoms with Gasteiger partial charge in [0.05, 0.1) is 13.2 Å². The molecule has 0 unspecified atom stereocenters. The predicted molar refractivity (Wildman–Crippen MR) is 85.3 cm³/mol. The van der Waals surface area contributed by atoms with E-state index in [0.29, 0.717) is 19.1 Å². The minimum atomic E-state index is -0.989. The fourth-order valence-corrected chi connectivity index (χ4v) is 3.25. The highest BCUT2D eigenvalue weighted by Crippen LogP contribution is 2.48. The average Bonchev–Trinajstić information content (AvgIpc) is 3.35. The molecule has 23 heavy (non-hydrogen) atoms. The number of hydrogen-bond donors (Lipinski definition) is 1. The Hall–Kier alpha value is -1.88. The molecule has 5 heteroatoms. The minimum Gasteiger partial charge on any atom is -0.480 e. The number of hydrogen-bond acceptors (Lipinski definition) is 3. The highest BCUT2D eigenvalue weighted by atomic mass is 16.5. The molecular weight excluding hydrogens is 294 g/mol. The lowest BCUT2D eigenvalue weighted by Crippen LogP contribution is -2.53. The van der Waals surface area contributed by atoms with Crippen LogP contribution in [0.3, 0.4) is 0 Å². The van der Waals surface area contributed by atoms with Crippen LogP contribution >= 0.6 is 0 Å².